The second-order valence-electron chi connectivity index (χ2n) is 6.92. The van der Waals surface area contributed by atoms with Crippen LogP contribution in [0.2, 0.25) is 0 Å². The van der Waals surface area contributed by atoms with Gasteiger partial charge in [-0.3, -0.25) is 9.78 Å². The quantitative estimate of drug-likeness (QED) is 0.525. The first kappa shape index (κ1) is 22.2. The van der Waals surface area contributed by atoms with Crippen LogP contribution in [0.1, 0.15) is 42.7 Å². The van der Waals surface area contributed by atoms with E-state index in [1.807, 2.05) is 63.2 Å². The molecule has 2 aromatic carbocycles. The van der Waals surface area contributed by atoms with Gasteiger partial charge in [-0.25, -0.2) is 0 Å². The molecule has 0 saturated carbocycles. The van der Waals surface area contributed by atoms with Gasteiger partial charge in [-0.2, -0.15) is 0 Å². The third-order valence-electron chi connectivity index (χ3n) is 4.87. The zero-order valence-electron chi connectivity index (χ0n) is 18.3. The molecule has 0 aliphatic carbocycles. The molecule has 6 heteroatoms. The van der Waals surface area contributed by atoms with Gasteiger partial charge < -0.3 is 19.5 Å². The highest BCUT2D eigenvalue weighted by molar-refractivity contribution is 5.98. The summed E-state index contributed by atoms with van der Waals surface area (Å²) in [5.74, 6) is 1.67. The summed E-state index contributed by atoms with van der Waals surface area (Å²) in [4.78, 5) is 17.0. The molecule has 3 aromatic rings. The minimum Gasteiger partial charge on any atom is -0.496 e. The molecule has 0 saturated heterocycles. The molecule has 31 heavy (non-hydrogen) atoms. The van der Waals surface area contributed by atoms with Gasteiger partial charge in [-0.1, -0.05) is 12.1 Å². The number of nitrogens with one attached hydrogen (secondary N) is 1. The summed E-state index contributed by atoms with van der Waals surface area (Å²) < 4.78 is 16.8. The minimum atomic E-state index is -0.230. The van der Waals surface area contributed by atoms with Crippen LogP contribution in [0.15, 0.2) is 60.9 Å². The van der Waals surface area contributed by atoms with E-state index < -0.39 is 0 Å². The van der Waals surface area contributed by atoms with Gasteiger partial charge in [0.2, 0.25) is 0 Å². The first-order valence-electron chi connectivity index (χ1n) is 10.4. The van der Waals surface area contributed by atoms with Crippen LogP contribution in [0.25, 0.3) is 11.1 Å². The number of hydrogen-bond acceptors (Lipinski definition) is 5. The van der Waals surface area contributed by atoms with E-state index >= 15 is 0 Å². The van der Waals surface area contributed by atoms with Crippen molar-refractivity contribution in [3.8, 4) is 28.4 Å². The second-order valence-corrected chi connectivity index (χ2v) is 6.92. The number of hydrogen-bond donors (Lipinski definition) is 1. The number of nitrogens with zero attached hydrogens (tertiary/aromatic N) is 1. The van der Waals surface area contributed by atoms with Crippen LogP contribution in [0.5, 0.6) is 17.2 Å². The molecule has 0 aliphatic heterocycles. The first-order chi connectivity index (χ1) is 15.1. The molecular formula is C25H28N2O4. The van der Waals surface area contributed by atoms with Crippen LogP contribution in [0.4, 0.5) is 0 Å². The number of benzene rings is 2. The number of aromatic nitrogens is 1. The van der Waals surface area contributed by atoms with E-state index in [1.54, 1.807) is 25.6 Å². The fraction of sp³-hybridized carbons (Fsp3) is 0.280. The van der Waals surface area contributed by atoms with Crippen molar-refractivity contribution in [1.29, 1.82) is 0 Å². The van der Waals surface area contributed by atoms with E-state index in [0.717, 1.165) is 16.7 Å². The third kappa shape index (κ3) is 5.34. The third-order valence-corrected chi connectivity index (χ3v) is 4.87. The number of ether oxygens (including phenoxy) is 3. The lowest BCUT2D eigenvalue weighted by Gasteiger charge is -2.18. The number of carbonyl (C=O) groups excluding carboxylic acids is 1. The Morgan fingerprint density at radius 3 is 2.29 bits per heavy atom. The number of amides is 1. The summed E-state index contributed by atoms with van der Waals surface area (Å²) in [6, 6.07) is 14.9. The van der Waals surface area contributed by atoms with E-state index in [4.69, 9.17) is 14.2 Å². The lowest BCUT2D eigenvalue weighted by molar-refractivity contribution is 0.0936. The van der Waals surface area contributed by atoms with Crippen molar-refractivity contribution in [3.63, 3.8) is 0 Å². The summed E-state index contributed by atoms with van der Waals surface area (Å²) in [6.07, 6.45) is 3.47. The molecule has 1 atom stereocenters. The number of methoxy groups -OCH3 is 1. The topological polar surface area (TPSA) is 69.7 Å². The minimum absolute atomic E-state index is 0.211. The van der Waals surface area contributed by atoms with Crippen LogP contribution >= 0.6 is 0 Å². The van der Waals surface area contributed by atoms with E-state index in [2.05, 4.69) is 10.3 Å². The van der Waals surface area contributed by atoms with Gasteiger partial charge in [0.05, 0.1) is 31.9 Å². The van der Waals surface area contributed by atoms with E-state index in [0.29, 0.717) is 36.0 Å². The average Bonchev–Trinajstić information content (AvgIpc) is 2.80. The molecule has 0 radical (unpaired) electrons. The Labute approximate surface area is 183 Å². The molecule has 1 heterocycles. The van der Waals surface area contributed by atoms with E-state index in [1.165, 1.54) is 0 Å². The standard InChI is InChI=1S/C25H28N2O4/c1-5-30-22-10-8-19(15-24(22)31-6-2)17(3)27-25(28)21-9-7-20(16-23(21)29-4)18-11-13-26-14-12-18/h7-17H,5-6H2,1-4H3,(H,27,28). The van der Waals surface area contributed by atoms with Gasteiger partial charge in [0.1, 0.15) is 5.75 Å². The molecule has 0 aliphatic rings. The highest BCUT2D eigenvalue weighted by Crippen LogP contribution is 2.31. The van der Waals surface area contributed by atoms with Crippen LogP contribution in [-0.4, -0.2) is 31.2 Å². The summed E-state index contributed by atoms with van der Waals surface area (Å²) in [6.45, 7) is 6.88. The van der Waals surface area contributed by atoms with Crippen molar-refractivity contribution in [2.75, 3.05) is 20.3 Å². The van der Waals surface area contributed by atoms with Gasteiger partial charge >= 0.3 is 0 Å². The van der Waals surface area contributed by atoms with Crippen LogP contribution < -0.4 is 19.5 Å². The van der Waals surface area contributed by atoms with E-state index in [-0.39, 0.29) is 11.9 Å². The fourth-order valence-corrected chi connectivity index (χ4v) is 3.30. The Morgan fingerprint density at radius 1 is 0.903 bits per heavy atom. The van der Waals surface area contributed by atoms with Crippen molar-refractivity contribution >= 4 is 5.91 Å². The number of carbonyl (C=O) groups is 1. The SMILES string of the molecule is CCOc1ccc(C(C)NC(=O)c2ccc(-c3ccncc3)cc2OC)cc1OCC. The maximum atomic E-state index is 13.0. The van der Waals surface area contributed by atoms with Crippen LogP contribution in [0.3, 0.4) is 0 Å². The Morgan fingerprint density at radius 2 is 1.61 bits per heavy atom. The normalized spacial score (nSPS) is 11.5. The van der Waals surface area contributed by atoms with Crippen molar-refractivity contribution in [3.05, 3.63) is 72.1 Å². The Bertz CT molecular complexity index is 1020. The summed E-state index contributed by atoms with van der Waals surface area (Å²) in [7, 11) is 1.56. The van der Waals surface area contributed by atoms with Crippen molar-refractivity contribution in [1.82, 2.24) is 10.3 Å². The Hall–Kier alpha value is -3.54. The zero-order valence-corrected chi connectivity index (χ0v) is 18.3. The summed E-state index contributed by atoms with van der Waals surface area (Å²) >= 11 is 0. The monoisotopic (exact) mass is 420 g/mol. The summed E-state index contributed by atoms with van der Waals surface area (Å²) in [5.41, 5.74) is 3.36. The lowest BCUT2D eigenvalue weighted by atomic mass is 10.0. The number of pyridine rings is 1. The zero-order chi connectivity index (χ0) is 22.2. The van der Waals surface area contributed by atoms with Crippen molar-refractivity contribution in [2.24, 2.45) is 0 Å². The number of rotatable bonds is 9. The molecule has 1 aromatic heterocycles. The van der Waals surface area contributed by atoms with E-state index in [9.17, 15) is 4.79 Å². The second kappa shape index (κ2) is 10.5. The lowest BCUT2D eigenvalue weighted by Crippen LogP contribution is -2.27. The van der Waals surface area contributed by atoms with Crippen molar-refractivity contribution < 1.29 is 19.0 Å². The highest BCUT2D eigenvalue weighted by atomic mass is 16.5. The van der Waals surface area contributed by atoms with Crippen molar-refractivity contribution in [2.45, 2.75) is 26.8 Å². The molecule has 6 nitrogen and oxygen atoms in total. The fourth-order valence-electron chi connectivity index (χ4n) is 3.30. The maximum absolute atomic E-state index is 13.0. The van der Waals surface area contributed by atoms with Gasteiger partial charge in [-0.05, 0) is 73.9 Å². The molecule has 0 bridgehead atoms. The van der Waals surface area contributed by atoms with Gasteiger partial charge in [0.15, 0.2) is 11.5 Å². The molecule has 1 unspecified atom stereocenters. The first-order valence-corrected chi connectivity index (χ1v) is 10.4. The Balaban J connectivity index is 1.80. The largest absolute Gasteiger partial charge is 0.496 e. The average molecular weight is 421 g/mol. The van der Waals surface area contributed by atoms with Gasteiger partial charge in [0.25, 0.3) is 5.91 Å². The van der Waals surface area contributed by atoms with Gasteiger partial charge in [-0.15, -0.1) is 0 Å². The van der Waals surface area contributed by atoms with Crippen LogP contribution in [0, 0.1) is 0 Å². The Kier molecular flexibility index (Phi) is 7.49. The predicted octanol–water partition coefficient (Wildman–Crippen LogP) is 5.05. The maximum Gasteiger partial charge on any atom is 0.255 e. The molecule has 1 amide bonds. The smallest absolute Gasteiger partial charge is 0.255 e. The highest BCUT2D eigenvalue weighted by Gasteiger charge is 2.18. The molecule has 162 valence electrons. The van der Waals surface area contributed by atoms with Gasteiger partial charge in [0, 0.05) is 12.4 Å². The molecule has 1 N–H and O–H groups in total. The molecule has 0 fully saturated rings. The van der Waals surface area contributed by atoms with Crippen LogP contribution in [-0.2, 0) is 0 Å². The predicted molar refractivity (Wildman–Crippen MR) is 121 cm³/mol. The molecule has 3 rings (SSSR count). The summed E-state index contributed by atoms with van der Waals surface area (Å²) in [5, 5.41) is 3.04. The molecular weight excluding hydrogens is 392 g/mol. The molecule has 0 spiro atoms.